The first-order chi connectivity index (χ1) is 10.8. The minimum atomic E-state index is -3.02. The molecule has 0 fully saturated rings. The first kappa shape index (κ1) is 18.7. The molecule has 1 amide bonds. The Morgan fingerprint density at radius 2 is 1.96 bits per heavy atom. The molecule has 0 saturated carbocycles. The van der Waals surface area contributed by atoms with Gasteiger partial charge in [-0.1, -0.05) is 20.3 Å². The zero-order valence-electron chi connectivity index (χ0n) is 13.0. The lowest BCUT2D eigenvalue weighted by Gasteiger charge is -2.20. The van der Waals surface area contributed by atoms with Gasteiger partial charge in [0.2, 0.25) is 0 Å². The number of carboxylic acids is 1. The number of aliphatic carboxylic acids is 1. The van der Waals surface area contributed by atoms with Gasteiger partial charge in [0.05, 0.1) is 7.11 Å². The van der Waals surface area contributed by atoms with E-state index in [0.717, 1.165) is 0 Å². The average molecular weight is 331 g/mol. The van der Waals surface area contributed by atoms with Crippen LogP contribution in [-0.2, 0) is 4.79 Å². The lowest BCUT2D eigenvalue weighted by atomic mass is 9.99. The summed E-state index contributed by atoms with van der Waals surface area (Å²) in [6.45, 7) is 0.497. The number of benzene rings is 1. The SMILES string of the molecule is CC[C@H](C)[C@H](NC(=O)c1ccc(OC(F)F)c(OC)c1)C(=O)O. The number of ether oxygens (including phenoxy) is 2. The molecule has 0 spiro atoms. The van der Waals surface area contributed by atoms with E-state index in [1.807, 2.05) is 6.92 Å². The van der Waals surface area contributed by atoms with Crippen LogP contribution in [0.15, 0.2) is 18.2 Å². The van der Waals surface area contributed by atoms with Crippen molar-refractivity contribution in [2.75, 3.05) is 7.11 Å². The third kappa shape index (κ3) is 5.08. The van der Waals surface area contributed by atoms with Crippen molar-refractivity contribution in [1.29, 1.82) is 0 Å². The van der Waals surface area contributed by atoms with Gasteiger partial charge in [-0.25, -0.2) is 4.79 Å². The molecule has 6 nitrogen and oxygen atoms in total. The highest BCUT2D eigenvalue weighted by molar-refractivity contribution is 5.97. The molecule has 0 bridgehead atoms. The summed E-state index contributed by atoms with van der Waals surface area (Å²) >= 11 is 0. The van der Waals surface area contributed by atoms with E-state index >= 15 is 0 Å². The number of amides is 1. The highest BCUT2D eigenvalue weighted by atomic mass is 19.3. The van der Waals surface area contributed by atoms with Crippen LogP contribution in [0.5, 0.6) is 11.5 Å². The van der Waals surface area contributed by atoms with Crippen molar-refractivity contribution in [3.05, 3.63) is 23.8 Å². The van der Waals surface area contributed by atoms with Gasteiger partial charge < -0.3 is 19.9 Å². The molecule has 1 rings (SSSR count). The van der Waals surface area contributed by atoms with Gasteiger partial charge in [-0.15, -0.1) is 0 Å². The Hall–Kier alpha value is -2.38. The van der Waals surface area contributed by atoms with Crippen molar-refractivity contribution in [1.82, 2.24) is 5.32 Å². The van der Waals surface area contributed by atoms with Gasteiger partial charge >= 0.3 is 12.6 Å². The zero-order chi connectivity index (χ0) is 17.6. The van der Waals surface area contributed by atoms with Crippen molar-refractivity contribution in [2.45, 2.75) is 32.9 Å². The molecule has 8 heteroatoms. The van der Waals surface area contributed by atoms with Crippen LogP contribution in [0.2, 0.25) is 0 Å². The van der Waals surface area contributed by atoms with Gasteiger partial charge in [-0.2, -0.15) is 8.78 Å². The Morgan fingerprint density at radius 1 is 1.30 bits per heavy atom. The number of carbonyl (C=O) groups excluding carboxylic acids is 1. The highest BCUT2D eigenvalue weighted by Crippen LogP contribution is 2.29. The van der Waals surface area contributed by atoms with Crippen molar-refractivity contribution in [3.63, 3.8) is 0 Å². The number of rotatable bonds is 8. The highest BCUT2D eigenvalue weighted by Gasteiger charge is 2.26. The fraction of sp³-hybridized carbons (Fsp3) is 0.467. The number of carboxylic acid groups (broad SMARTS) is 1. The molecule has 0 unspecified atom stereocenters. The minimum absolute atomic E-state index is 0.0478. The standard InChI is InChI=1S/C15H19F2NO5/c1-4-8(2)12(14(20)21)18-13(19)9-5-6-10(23-15(16)17)11(7-9)22-3/h5-8,12,15H,4H2,1-3H3,(H,18,19)(H,20,21)/t8-,12-/m0/s1. The second-order valence-electron chi connectivity index (χ2n) is 4.92. The minimum Gasteiger partial charge on any atom is -0.493 e. The molecule has 0 aliphatic heterocycles. The van der Waals surface area contributed by atoms with E-state index in [-0.39, 0.29) is 23.0 Å². The van der Waals surface area contributed by atoms with Crippen LogP contribution in [0.25, 0.3) is 0 Å². The van der Waals surface area contributed by atoms with Gasteiger partial charge in [0, 0.05) is 5.56 Å². The van der Waals surface area contributed by atoms with Crippen LogP contribution in [0.1, 0.15) is 30.6 Å². The van der Waals surface area contributed by atoms with Gasteiger partial charge in [-0.05, 0) is 24.1 Å². The third-order valence-corrected chi connectivity index (χ3v) is 3.41. The Kier molecular flexibility index (Phi) is 6.74. The average Bonchev–Trinajstić information content (AvgIpc) is 2.51. The molecule has 0 heterocycles. The lowest BCUT2D eigenvalue weighted by molar-refractivity contribution is -0.140. The molecule has 23 heavy (non-hydrogen) atoms. The number of carbonyl (C=O) groups is 2. The predicted molar refractivity (Wildman–Crippen MR) is 78.0 cm³/mol. The number of halogens is 2. The third-order valence-electron chi connectivity index (χ3n) is 3.41. The van der Waals surface area contributed by atoms with Gasteiger partial charge in [0.15, 0.2) is 11.5 Å². The van der Waals surface area contributed by atoms with Crippen molar-refractivity contribution >= 4 is 11.9 Å². The lowest BCUT2D eigenvalue weighted by Crippen LogP contribution is -2.45. The predicted octanol–water partition coefficient (Wildman–Crippen LogP) is 2.53. The summed E-state index contributed by atoms with van der Waals surface area (Å²) in [6.07, 6.45) is 0.571. The number of hydrogen-bond acceptors (Lipinski definition) is 4. The molecular formula is C15H19F2NO5. The molecule has 0 aliphatic carbocycles. The second kappa shape index (κ2) is 8.30. The van der Waals surface area contributed by atoms with E-state index in [4.69, 9.17) is 4.74 Å². The van der Waals surface area contributed by atoms with Crippen molar-refractivity contribution in [3.8, 4) is 11.5 Å². The van der Waals surface area contributed by atoms with Crippen LogP contribution in [-0.4, -0.2) is 36.7 Å². The summed E-state index contributed by atoms with van der Waals surface area (Å²) in [4.78, 5) is 23.4. The molecule has 0 saturated heterocycles. The van der Waals surface area contributed by atoms with Gasteiger partial charge in [-0.3, -0.25) is 4.79 Å². The van der Waals surface area contributed by atoms with E-state index in [0.29, 0.717) is 6.42 Å². The van der Waals surface area contributed by atoms with Crippen LogP contribution in [0, 0.1) is 5.92 Å². The van der Waals surface area contributed by atoms with E-state index in [1.165, 1.54) is 25.3 Å². The Bertz CT molecular complexity index is 565. The molecule has 0 aliphatic rings. The monoisotopic (exact) mass is 331 g/mol. The zero-order valence-corrected chi connectivity index (χ0v) is 13.0. The molecule has 2 N–H and O–H groups in total. The van der Waals surface area contributed by atoms with Crippen LogP contribution in [0.4, 0.5) is 8.78 Å². The van der Waals surface area contributed by atoms with E-state index < -0.39 is 24.5 Å². The summed E-state index contributed by atoms with van der Waals surface area (Å²) in [5, 5.41) is 11.6. The van der Waals surface area contributed by atoms with Crippen molar-refractivity contribution < 1.29 is 33.0 Å². The maximum Gasteiger partial charge on any atom is 0.387 e. The number of hydrogen-bond donors (Lipinski definition) is 2. The second-order valence-corrected chi connectivity index (χ2v) is 4.92. The van der Waals surface area contributed by atoms with Crippen molar-refractivity contribution in [2.24, 2.45) is 5.92 Å². The van der Waals surface area contributed by atoms with Gasteiger partial charge in [0.1, 0.15) is 6.04 Å². The smallest absolute Gasteiger partial charge is 0.387 e. The normalized spacial score (nSPS) is 13.3. The fourth-order valence-electron chi connectivity index (χ4n) is 1.91. The Balaban J connectivity index is 2.97. The molecule has 1 aromatic carbocycles. The van der Waals surface area contributed by atoms with Crippen LogP contribution < -0.4 is 14.8 Å². The topological polar surface area (TPSA) is 84.9 Å². The maximum atomic E-state index is 12.3. The van der Waals surface area contributed by atoms with E-state index in [1.54, 1.807) is 6.92 Å². The first-order valence-corrected chi connectivity index (χ1v) is 6.96. The fourth-order valence-corrected chi connectivity index (χ4v) is 1.91. The summed E-state index contributed by atoms with van der Waals surface area (Å²) < 4.78 is 33.7. The number of nitrogens with one attached hydrogen (secondary N) is 1. The van der Waals surface area contributed by atoms with Crippen LogP contribution in [0.3, 0.4) is 0 Å². The molecular weight excluding hydrogens is 312 g/mol. The van der Waals surface area contributed by atoms with Gasteiger partial charge in [0.25, 0.3) is 5.91 Å². The summed E-state index contributed by atoms with van der Waals surface area (Å²) in [7, 11) is 1.24. The van der Waals surface area contributed by atoms with E-state index in [9.17, 15) is 23.5 Å². The summed E-state index contributed by atoms with van der Waals surface area (Å²) in [5.74, 6) is -2.30. The molecule has 0 radical (unpaired) electrons. The number of methoxy groups -OCH3 is 1. The Morgan fingerprint density at radius 3 is 2.43 bits per heavy atom. The largest absolute Gasteiger partial charge is 0.493 e. The molecule has 2 atom stereocenters. The molecule has 128 valence electrons. The molecule has 1 aromatic rings. The quantitative estimate of drug-likeness (QED) is 0.764. The van der Waals surface area contributed by atoms with Crippen LogP contribution >= 0.6 is 0 Å². The van der Waals surface area contributed by atoms with E-state index in [2.05, 4.69) is 10.1 Å². The molecule has 0 aromatic heterocycles. The number of alkyl halides is 2. The first-order valence-electron chi connectivity index (χ1n) is 6.96. The maximum absolute atomic E-state index is 12.3. The summed E-state index contributed by atoms with van der Waals surface area (Å²) in [5.41, 5.74) is 0.0815. The Labute approximate surface area is 132 Å². The summed E-state index contributed by atoms with van der Waals surface area (Å²) in [6, 6.07) is 2.59.